The molecule has 2 aromatic carbocycles. The Morgan fingerprint density at radius 1 is 1.09 bits per heavy atom. The highest BCUT2D eigenvalue weighted by molar-refractivity contribution is 7.92. The number of carbonyl (C=O) groups excluding carboxylic acids is 1. The van der Waals surface area contributed by atoms with Crippen LogP contribution in [0.2, 0.25) is 0 Å². The lowest BCUT2D eigenvalue weighted by molar-refractivity contribution is 0.101. The third-order valence-electron chi connectivity index (χ3n) is 3.92. The fourth-order valence-electron chi connectivity index (χ4n) is 2.29. The number of rotatable bonds is 6. The van der Waals surface area contributed by atoms with Crippen LogP contribution in [0.1, 0.15) is 49.0 Å². The Bertz CT molecular complexity index is 795. The van der Waals surface area contributed by atoms with Crippen molar-refractivity contribution >= 4 is 21.5 Å². The summed E-state index contributed by atoms with van der Waals surface area (Å²) in [5, 5.41) is 0. The van der Waals surface area contributed by atoms with E-state index in [0.29, 0.717) is 17.2 Å². The van der Waals surface area contributed by atoms with Gasteiger partial charge in [0.2, 0.25) is 0 Å². The molecule has 4 nitrogen and oxygen atoms in total. The van der Waals surface area contributed by atoms with Gasteiger partial charge in [0.05, 0.1) is 10.6 Å². The maximum Gasteiger partial charge on any atom is 0.261 e. The molecule has 0 aliphatic carbocycles. The van der Waals surface area contributed by atoms with E-state index >= 15 is 0 Å². The molecule has 23 heavy (non-hydrogen) atoms. The lowest BCUT2D eigenvalue weighted by Gasteiger charge is -2.13. The van der Waals surface area contributed by atoms with Crippen molar-refractivity contribution < 1.29 is 13.2 Å². The highest BCUT2D eigenvalue weighted by Crippen LogP contribution is 2.23. The fraction of sp³-hybridized carbons (Fsp3) is 0.278. The van der Waals surface area contributed by atoms with Crippen molar-refractivity contribution in [2.24, 2.45) is 0 Å². The van der Waals surface area contributed by atoms with Gasteiger partial charge in [-0.2, -0.15) is 0 Å². The zero-order valence-corrected chi connectivity index (χ0v) is 14.4. The van der Waals surface area contributed by atoms with Crippen LogP contribution in [0.5, 0.6) is 0 Å². The topological polar surface area (TPSA) is 63.2 Å². The first-order chi connectivity index (χ1) is 10.8. The normalized spacial score (nSPS) is 12.7. The van der Waals surface area contributed by atoms with E-state index in [1.54, 1.807) is 36.4 Å². The first-order valence-corrected chi connectivity index (χ1v) is 9.06. The van der Waals surface area contributed by atoms with Crippen LogP contribution in [0.25, 0.3) is 0 Å². The summed E-state index contributed by atoms with van der Waals surface area (Å²) >= 11 is 0. The maximum atomic E-state index is 12.5. The second-order valence-electron chi connectivity index (χ2n) is 5.59. The van der Waals surface area contributed by atoms with E-state index in [2.05, 4.69) is 18.6 Å². The van der Waals surface area contributed by atoms with Crippen molar-refractivity contribution in [3.8, 4) is 0 Å². The van der Waals surface area contributed by atoms with Gasteiger partial charge in [0.15, 0.2) is 5.78 Å². The fourth-order valence-corrected chi connectivity index (χ4v) is 3.37. The molecule has 2 aromatic rings. The van der Waals surface area contributed by atoms with Crippen molar-refractivity contribution in [1.29, 1.82) is 0 Å². The molecule has 1 N–H and O–H groups in total. The number of ketones is 1. The number of Topliss-reactive ketones (excluding diaryl/α,β-unsaturated/α-hetero) is 1. The molecule has 0 aliphatic rings. The number of carbonyl (C=O) groups is 1. The Balaban J connectivity index is 2.31. The summed E-state index contributed by atoms with van der Waals surface area (Å²) in [5.74, 6) is 0.202. The van der Waals surface area contributed by atoms with Crippen LogP contribution in [0.3, 0.4) is 0 Å². The number of nitrogens with one attached hydrogen (secondary N) is 1. The third-order valence-corrected chi connectivity index (χ3v) is 5.30. The first-order valence-electron chi connectivity index (χ1n) is 7.58. The molecule has 0 aromatic heterocycles. The van der Waals surface area contributed by atoms with Gasteiger partial charge >= 0.3 is 0 Å². The van der Waals surface area contributed by atoms with Gasteiger partial charge < -0.3 is 0 Å². The SMILES string of the molecule is CC[C@H](C)c1ccc(S(=O)(=O)Nc2ccccc2C(C)=O)cc1. The number of anilines is 1. The van der Waals surface area contributed by atoms with E-state index in [4.69, 9.17) is 0 Å². The van der Waals surface area contributed by atoms with Crippen LogP contribution in [-0.2, 0) is 10.0 Å². The minimum Gasteiger partial charge on any atom is -0.294 e. The van der Waals surface area contributed by atoms with Gasteiger partial charge in [0.1, 0.15) is 0 Å². The molecule has 0 amide bonds. The van der Waals surface area contributed by atoms with Gasteiger partial charge in [0.25, 0.3) is 10.0 Å². The second-order valence-corrected chi connectivity index (χ2v) is 7.27. The smallest absolute Gasteiger partial charge is 0.261 e. The summed E-state index contributed by atoms with van der Waals surface area (Å²) in [5.41, 5.74) is 1.76. The summed E-state index contributed by atoms with van der Waals surface area (Å²) in [6.07, 6.45) is 0.996. The first kappa shape index (κ1) is 17.2. The van der Waals surface area contributed by atoms with Crippen LogP contribution in [0, 0.1) is 0 Å². The predicted octanol–water partition coefficient (Wildman–Crippen LogP) is 4.20. The molecule has 2 rings (SSSR count). The standard InChI is InChI=1S/C18H21NO3S/c1-4-13(2)15-9-11-16(12-10-15)23(21,22)19-18-8-6-5-7-17(18)14(3)20/h5-13,19H,4H2,1-3H3/t13-/m0/s1. The molecular weight excluding hydrogens is 310 g/mol. The van der Waals surface area contributed by atoms with Crippen molar-refractivity contribution in [2.45, 2.75) is 38.0 Å². The van der Waals surface area contributed by atoms with Crippen molar-refractivity contribution in [3.63, 3.8) is 0 Å². The quantitative estimate of drug-likeness (QED) is 0.807. The maximum absolute atomic E-state index is 12.5. The van der Waals surface area contributed by atoms with E-state index in [9.17, 15) is 13.2 Å². The van der Waals surface area contributed by atoms with Crippen molar-refractivity contribution in [3.05, 3.63) is 59.7 Å². The Labute approximate surface area is 137 Å². The molecule has 0 heterocycles. The van der Waals surface area contributed by atoms with Gasteiger partial charge in [-0.1, -0.05) is 38.1 Å². The highest BCUT2D eigenvalue weighted by Gasteiger charge is 2.17. The van der Waals surface area contributed by atoms with Gasteiger partial charge in [-0.25, -0.2) is 8.42 Å². The van der Waals surface area contributed by atoms with E-state index in [1.807, 2.05) is 12.1 Å². The van der Waals surface area contributed by atoms with Crippen LogP contribution in [0.15, 0.2) is 53.4 Å². The lowest BCUT2D eigenvalue weighted by Crippen LogP contribution is -2.15. The number of hydrogen-bond donors (Lipinski definition) is 1. The van der Waals surface area contributed by atoms with Gasteiger partial charge in [-0.15, -0.1) is 0 Å². The van der Waals surface area contributed by atoms with Gasteiger partial charge in [0, 0.05) is 5.56 Å². The van der Waals surface area contributed by atoms with Gasteiger partial charge in [-0.05, 0) is 49.1 Å². The molecule has 0 spiro atoms. The summed E-state index contributed by atoms with van der Waals surface area (Å²) in [4.78, 5) is 11.8. The third kappa shape index (κ3) is 3.99. The monoisotopic (exact) mass is 331 g/mol. The molecule has 0 aliphatic heterocycles. The van der Waals surface area contributed by atoms with E-state index in [1.165, 1.54) is 6.92 Å². The minimum atomic E-state index is -3.72. The molecule has 0 bridgehead atoms. The second kappa shape index (κ2) is 6.96. The Hall–Kier alpha value is -2.14. The number of benzene rings is 2. The van der Waals surface area contributed by atoms with Crippen LogP contribution < -0.4 is 4.72 Å². The highest BCUT2D eigenvalue weighted by atomic mass is 32.2. The summed E-state index contributed by atoms with van der Waals surface area (Å²) < 4.78 is 27.5. The zero-order valence-electron chi connectivity index (χ0n) is 13.5. The largest absolute Gasteiger partial charge is 0.294 e. The molecule has 0 fully saturated rings. The number of hydrogen-bond acceptors (Lipinski definition) is 3. The minimum absolute atomic E-state index is 0.183. The van der Waals surface area contributed by atoms with Crippen molar-refractivity contribution in [2.75, 3.05) is 4.72 Å². The van der Waals surface area contributed by atoms with Crippen LogP contribution in [-0.4, -0.2) is 14.2 Å². The Morgan fingerprint density at radius 2 is 1.70 bits per heavy atom. The predicted molar refractivity (Wildman–Crippen MR) is 92.4 cm³/mol. The molecule has 5 heteroatoms. The molecular formula is C18H21NO3S. The van der Waals surface area contributed by atoms with E-state index in [0.717, 1.165) is 12.0 Å². The Morgan fingerprint density at radius 3 is 2.26 bits per heavy atom. The van der Waals surface area contributed by atoms with Gasteiger partial charge in [-0.3, -0.25) is 9.52 Å². The molecule has 0 saturated heterocycles. The Kier molecular flexibility index (Phi) is 5.21. The molecule has 122 valence electrons. The van der Waals surface area contributed by atoms with E-state index in [-0.39, 0.29) is 10.7 Å². The average Bonchev–Trinajstić information content (AvgIpc) is 2.54. The number of sulfonamides is 1. The average molecular weight is 331 g/mol. The molecule has 0 radical (unpaired) electrons. The summed E-state index contributed by atoms with van der Waals surface area (Å²) in [7, 11) is -3.72. The van der Waals surface area contributed by atoms with Crippen LogP contribution in [0.4, 0.5) is 5.69 Å². The van der Waals surface area contributed by atoms with Crippen LogP contribution >= 0.6 is 0 Å². The lowest BCUT2D eigenvalue weighted by atomic mass is 9.99. The molecule has 1 atom stereocenters. The zero-order chi connectivity index (χ0) is 17.0. The summed E-state index contributed by atoms with van der Waals surface area (Å²) in [6, 6.07) is 13.4. The molecule has 0 saturated carbocycles. The molecule has 0 unspecified atom stereocenters. The van der Waals surface area contributed by atoms with E-state index < -0.39 is 10.0 Å². The summed E-state index contributed by atoms with van der Waals surface area (Å²) in [6.45, 7) is 5.61. The number of para-hydroxylation sites is 1. The van der Waals surface area contributed by atoms with Crippen molar-refractivity contribution in [1.82, 2.24) is 0 Å².